The van der Waals surface area contributed by atoms with Crippen LogP contribution in [0, 0.1) is 5.92 Å². The van der Waals surface area contributed by atoms with Gasteiger partial charge >= 0.3 is 0 Å². The van der Waals surface area contributed by atoms with Gasteiger partial charge in [0.2, 0.25) is 5.91 Å². The van der Waals surface area contributed by atoms with Crippen LogP contribution in [0.3, 0.4) is 0 Å². The molecule has 0 aromatic carbocycles. The van der Waals surface area contributed by atoms with Crippen molar-refractivity contribution in [2.24, 2.45) is 11.7 Å². The fourth-order valence-corrected chi connectivity index (χ4v) is 2.47. The lowest BCUT2D eigenvalue weighted by atomic mass is 9.92. The molecule has 0 aliphatic carbocycles. The number of likely N-dealkylation sites (tertiary alicyclic amines) is 1. The van der Waals surface area contributed by atoms with Crippen LogP contribution in [0.4, 0.5) is 0 Å². The number of nitrogens with two attached hydrogens (primary N) is 1. The molecule has 2 N–H and O–H groups in total. The van der Waals surface area contributed by atoms with Gasteiger partial charge in [0.25, 0.3) is 0 Å². The molecule has 1 fully saturated rings. The summed E-state index contributed by atoms with van der Waals surface area (Å²) in [6.07, 6.45) is 6.28. The third-order valence-corrected chi connectivity index (χ3v) is 3.56. The number of carbonyl (C=O) groups excluding carboxylic acids is 1. The first-order chi connectivity index (χ1) is 7.69. The Morgan fingerprint density at radius 3 is 2.81 bits per heavy atom. The van der Waals surface area contributed by atoms with Crippen LogP contribution >= 0.6 is 0 Å². The Labute approximate surface area is 99.4 Å². The van der Waals surface area contributed by atoms with Gasteiger partial charge in [-0.2, -0.15) is 0 Å². The SMILES string of the molecule is CCCCCC(=O)N1CCC(C)CC1CN. The number of amides is 1. The smallest absolute Gasteiger partial charge is 0.222 e. The number of hydrogen-bond donors (Lipinski definition) is 1. The Hall–Kier alpha value is -0.570. The van der Waals surface area contributed by atoms with Gasteiger partial charge in [0.15, 0.2) is 0 Å². The summed E-state index contributed by atoms with van der Waals surface area (Å²) in [5.74, 6) is 1.03. The molecule has 2 unspecified atom stereocenters. The van der Waals surface area contributed by atoms with Gasteiger partial charge in [-0.15, -0.1) is 0 Å². The monoisotopic (exact) mass is 226 g/mol. The maximum absolute atomic E-state index is 12.0. The third kappa shape index (κ3) is 3.78. The van der Waals surface area contributed by atoms with Crippen molar-refractivity contribution in [3.05, 3.63) is 0 Å². The van der Waals surface area contributed by atoms with E-state index in [4.69, 9.17) is 5.73 Å². The lowest BCUT2D eigenvalue weighted by Crippen LogP contribution is -2.49. The van der Waals surface area contributed by atoms with E-state index in [0.717, 1.165) is 32.2 Å². The topological polar surface area (TPSA) is 46.3 Å². The predicted molar refractivity (Wildman–Crippen MR) is 67.1 cm³/mol. The second kappa shape index (κ2) is 6.89. The molecule has 1 amide bonds. The minimum atomic E-state index is 0.290. The molecule has 3 nitrogen and oxygen atoms in total. The molecule has 2 atom stereocenters. The molecular formula is C13H26N2O. The summed E-state index contributed by atoms with van der Waals surface area (Å²) in [4.78, 5) is 14.0. The van der Waals surface area contributed by atoms with E-state index in [9.17, 15) is 4.79 Å². The fourth-order valence-electron chi connectivity index (χ4n) is 2.47. The number of hydrogen-bond acceptors (Lipinski definition) is 2. The van der Waals surface area contributed by atoms with Crippen LogP contribution in [0.25, 0.3) is 0 Å². The van der Waals surface area contributed by atoms with Gasteiger partial charge in [0.1, 0.15) is 0 Å². The highest BCUT2D eigenvalue weighted by molar-refractivity contribution is 5.76. The van der Waals surface area contributed by atoms with E-state index >= 15 is 0 Å². The van der Waals surface area contributed by atoms with Gasteiger partial charge in [-0.25, -0.2) is 0 Å². The Morgan fingerprint density at radius 2 is 2.19 bits per heavy atom. The van der Waals surface area contributed by atoms with Crippen molar-refractivity contribution in [2.45, 2.75) is 58.4 Å². The van der Waals surface area contributed by atoms with Crippen LogP contribution in [-0.2, 0) is 4.79 Å². The Balaban J connectivity index is 2.40. The molecule has 3 heteroatoms. The van der Waals surface area contributed by atoms with Gasteiger partial charge in [0, 0.05) is 25.6 Å². The average Bonchev–Trinajstić information content (AvgIpc) is 2.29. The van der Waals surface area contributed by atoms with E-state index in [0.29, 0.717) is 24.8 Å². The number of rotatable bonds is 5. The Kier molecular flexibility index (Phi) is 5.81. The maximum Gasteiger partial charge on any atom is 0.222 e. The van der Waals surface area contributed by atoms with Crippen LogP contribution in [0.1, 0.15) is 52.4 Å². The molecule has 0 aromatic rings. The van der Waals surface area contributed by atoms with Crippen LogP contribution in [0.2, 0.25) is 0 Å². The molecule has 1 saturated heterocycles. The quantitative estimate of drug-likeness (QED) is 0.730. The second-order valence-corrected chi connectivity index (χ2v) is 5.06. The molecule has 0 bridgehead atoms. The largest absolute Gasteiger partial charge is 0.338 e. The summed E-state index contributed by atoms with van der Waals surface area (Å²) in [6.45, 7) is 5.94. The minimum Gasteiger partial charge on any atom is -0.338 e. The highest BCUT2D eigenvalue weighted by Gasteiger charge is 2.28. The lowest BCUT2D eigenvalue weighted by Gasteiger charge is -2.38. The molecule has 1 aliphatic heterocycles. The maximum atomic E-state index is 12.0. The van der Waals surface area contributed by atoms with E-state index in [-0.39, 0.29) is 6.04 Å². The van der Waals surface area contributed by atoms with Gasteiger partial charge in [-0.3, -0.25) is 4.79 Å². The molecule has 0 spiro atoms. The zero-order chi connectivity index (χ0) is 12.0. The van der Waals surface area contributed by atoms with E-state index in [1.54, 1.807) is 0 Å². The van der Waals surface area contributed by atoms with E-state index < -0.39 is 0 Å². The number of nitrogens with zero attached hydrogens (tertiary/aromatic N) is 1. The normalized spacial score (nSPS) is 25.8. The molecule has 1 heterocycles. The molecule has 16 heavy (non-hydrogen) atoms. The van der Waals surface area contributed by atoms with Crippen molar-refractivity contribution in [3.63, 3.8) is 0 Å². The van der Waals surface area contributed by atoms with Gasteiger partial charge in [-0.05, 0) is 25.2 Å². The standard InChI is InChI=1S/C13H26N2O/c1-3-4-5-6-13(16)15-8-7-11(2)9-12(15)10-14/h11-12H,3-10,14H2,1-2H3. The summed E-state index contributed by atoms with van der Waals surface area (Å²) in [7, 11) is 0. The zero-order valence-corrected chi connectivity index (χ0v) is 10.7. The second-order valence-electron chi connectivity index (χ2n) is 5.06. The van der Waals surface area contributed by atoms with Gasteiger partial charge in [0.05, 0.1) is 0 Å². The van der Waals surface area contributed by atoms with E-state index in [1.807, 2.05) is 4.90 Å². The molecule has 0 saturated carbocycles. The van der Waals surface area contributed by atoms with Crippen molar-refractivity contribution in [2.75, 3.05) is 13.1 Å². The van der Waals surface area contributed by atoms with Crippen molar-refractivity contribution in [3.8, 4) is 0 Å². The summed E-state index contributed by atoms with van der Waals surface area (Å²) in [5, 5.41) is 0. The Bertz CT molecular complexity index is 218. The summed E-state index contributed by atoms with van der Waals surface area (Å²) >= 11 is 0. The summed E-state index contributed by atoms with van der Waals surface area (Å²) in [6, 6.07) is 0.290. The summed E-state index contributed by atoms with van der Waals surface area (Å²) in [5.41, 5.74) is 5.75. The first-order valence-electron chi connectivity index (χ1n) is 6.68. The van der Waals surface area contributed by atoms with Crippen molar-refractivity contribution >= 4 is 5.91 Å². The molecule has 0 radical (unpaired) electrons. The van der Waals surface area contributed by atoms with Crippen molar-refractivity contribution < 1.29 is 4.79 Å². The van der Waals surface area contributed by atoms with Crippen molar-refractivity contribution in [1.29, 1.82) is 0 Å². The molecular weight excluding hydrogens is 200 g/mol. The molecule has 1 rings (SSSR count). The first kappa shape index (κ1) is 13.5. The predicted octanol–water partition coefficient (Wildman–Crippen LogP) is 2.15. The molecule has 1 aliphatic rings. The Morgan fingerprint density at radius 1 is 1.44 bits per heavy atom. The zero-order valence-electron chi connectivity index (χ0n) is 10.7. The highest BCUT2D eigenvalue weighted by Crippen LogP contribution is 2.22. The van der Waals surface area contributed by atoms with Crippen LogP contribution in [-0.4, -0.2) is 29.9 Å². The van der Waals surface area contributed by atoms with E-state index in [1.165, 1.54) is 6.42 Å². The van der Waals surface area contributed by atoms with E-state index in [2.05, 4.69) is 13.8 Å². The van der Waals surface area contributed by atoms with Crippen LogP contribution in [0.15, 0.2) is 0 Å². The number of unbranched alkanes of at least 4 members (excludes halogenated alkanes) is 2. The molecule has 0 aromatic heterocycles. The van der Waals surface area contributed by atoms with Crippen LogP contribution in [0.5, 0.6) is 0 Å². The number of piperidine rings is 1. The fraction of sp³-hybridized carbons (Fsp3) is 0.923. The number of carbonyl (C=O) groups is 1. The minimum absolute atomic E-state index is 0.290. The lowest BCUT2D eigenvalue weighted by molar-refractivity contribution is -0.135. The summed E-state index contributed by atoms with van der Waals surface area (Å²) < 4.78 is 0. The van der Waals surface area contributed by atoms with Crippen LogP contribution < -0.4 is 5.73 Å². The highest BCUT2D eigenvalue weighted by atomic mass is 16.2. The van der Waals surface area contributed by atoms with Gasteiger partial charge < -0.3 is 10.6 Å². The average molecular weight is 226 g/mol. The van der Waals surface area contributed by atoms with Crippen molar-refractivity contribution in [1.82, 2.24) is 4.90 Å². The van der Waals surface area contributed by atoms with Gasteiger partial charge in [-0.1, -0.05) is 26.7 Å². The first-order valence-corrected chi connectivity index (χ1v) is 6.68. The third-order valence-electron chi connectivity index (χ3n) is 3.56. The molecule has 94 valence electrons.